The van der Waals surface area contributed by atoms with Crippen LogP contribution in [0.15, 0.2) is 6.20 Å². The molecule has 0 bridgehead atoms. The minimum atomic E-state index is -0.132. The molecule has 0 saturated carbocycles. The maximum Gasteiger partial charge on any atom is 0.231 e. The van der Waals surface area contributed by atoms with E-state index in [9.17, 15) is 4.79 Å². The molecule has 0 aliphatic carbocycles. The van der Waals surface area contributed by atoms with Gasteiger partial charge in [-0.05, 0) is 6.42 Å². The van der Waals surface area contributed by atoms with Gasteiger partial charge >= 0.3 is 0 Å². The molecule has 0 radical (unpaired) electrons. The van der Waals surface area contributed by atoms with Crippen LogP contribution in [0, 0.1) is 17.2 Å². The standard InChI is InChI=1S/C10H12N4O2/c1-14-5-8(4-11)9(13-14)12-10(15)7-2-3-16-6-7/h5,7H,2-3,6H2,1H3,(H,12,13,15). The van der Waals surface area contributed by atoms with Crippen LogP contribution in [-0.4, -0.2) is 28.9 Å². The van der Waals surface area contributed by atoms with Gasteiger partial charge in [-0.3, -0.25) is 9.48 Å². The van der Waals surface area contributed by atoms with Crippen LogP contribution in [0.25, 0.3) is 0 Å². The highest BCUT2D eigenvalue weighted by atomic mass is 16.5. The first-order valence-corrected chi connectivity index (χ1v) is 5.03. The van der Waals surface area contributed by atoms with Crippen LogP contribution in [0.2, 0.25) is 0 Å². The average molecular weight is 220 g/mol. The largest absolute Gasteiger partial charge is 0.381 e. The summed E-state index contributed by atoms with van der Waals surface area (Å²) in [6, 6.07) is 1.98. The molecule has 16 heavy (non-hydrogen) atoms. The highest BCUT2D eigenvalue weighted by molar-refractivity contribution is 5.92. The lowest BCUT2D eigenvalue weighted by Gasteiger charge is -2.06. The summed E-state index contributed by atoms with van der Waals surface area (Å²) in [6.45, 7) is 1.06. The topological polar surface area (TPSA) is 79.9 Å². The molecular formula is C10H12N4O2. The minimum absolute atomic E-state index is 0.131. The third kappa shape index (κ3) is 2.04. The molecule has 1 amide bonds. The lowest BCUT2D eigenvalue weighted by atomic mass is 10.1. The molecule has 1 unspecified atom stereocenters. The Morgan fingerprint density at radius 3 is 3.25 bits per heavy atom. The van der Waals surface area contributed by atoms with Gasteiger partial charge in [0.15, 0.2) is 5.82 Å². The predicted molar refractivity (Wildman–Crippen MR) is 55.5 cm³/mol. The van der Waals surface area contributed by atoms with E-state index < -0.39 is 0 Å². The van der Waals surface area contributed by atoms with Gasteiger partial charge in [-0.1, -0.05) is 0 Å². The zero-order valence-corrected chi connectivity index (χ0v) is 8.93. The summed E-state index contributed by atoms with van der Waals surface area (Å²) in [6.07, 6.45) is 2.29. The van der Waals surface area contributed by atoms with Crippen molar-refractivity contribution in [2.75, 3.05) is 18.5 Å². The summed E-state index contributed by atoms with van der Waals surface area (Å²) in [4.78, 5) is 11.7. The quantitative estimate of drug-likeness (QED) is 0.775. The van der Waals surface area contributed by atoms with E-state index in [-0.39, 0.29) is 11.8 Å². The summed E-state index contributed by atoms with van der Waals surface area (Å²) >= 11 is 0. The Hall–Kier alpha value is -1.87. The van der Waals surface area contributed by atoms with Crippen LogP contribution >= 0.6 is 0 Å². The third-order valence-electron chi connectivity index (χ3n) is 2.49. The number of carbonyl (C=O) groups is 1. The molecule has 6 nitrogen and oxygen atoms in total. The number of nitrogens with zero attached hydrogens (tertiary/aromatic N) is 3. The third-order valence-corrected chi connectivity index (χ3v) is 2.49. The fourth-order valence-electron chi connectivity index (χ4n) is 1.62. The van der Waals surface area contributed by atoms with Crippen LogP contribution in [-0.2, 0) is 16.6 Å². The summed E-state index contributed by atoms with van der Waals surface area (Å²) in [5.74, 6) is 0.0585. The number of hydrogen-bond acceptors (Lipinski definition) is 4. The van der Waals surface area contributed by atoms with Crippen molar-refractivity contribution >= 4 is 11.7 Å². The van der Waals surface area contributed by atoms with Crippen molar-refractivity contribution in [1.82, 2.24) is 9.78 Å². The Bertz CT molecular complexity index is 440. The van der Waals surface area contributed by atoms with Crippen molar-refractivity contribution < 1.29 is 9.53 Å². The van der Waals surface area contributed by atoms with E-state index in [1.807, 2.05) is 6.07 Å². The van der Waals surface area contributed by atoms with Gasteiger partial charge in [-0.25, -0.2) is 0 Å². The molecule has 1 aliphatic rings. The number of ether oxygens (including phenoxy) is 1. The molecule has 2 rings (SSSR count). The Morgan fingerprint density at radius 1 is 1.81 bits per heavy atom. The lowest BCUT2D eigenvalue weighted by Crippen LogP contribution is -2.23. The van der Waals surface area contributed by atoms with Crippen LogP contribution in [0.4, 0.5) is 5.82 Å². The highest BCUT2D eigenvalue weighted by Crippen LogP contribution is 2.17. The van der Waals surface area contributed by atoms with Crippen LogP contribution in [0.3, 0.4) is 0 Å². The Kier molecular flexibility index (Phi) is 2.88. The van der Waals surface area contributed by atoms with Gasteiger partial charge in [-0.2, -0.15) is 10.4 Å². The number of carbonyl (C=O) groups excluding carboxylic acids is 1. The number of nitrogens with one attached hydrogen (secondary N) is 1. The fourth-order valence-corrected chi connectivity index (χ4v) is 1.62. The van der Waals surface area contributed by atoms with E-state index in [1.165, 1.54) is 4.68 Å². The van der Waals surface area contributed by atoms with Crippen LogP contribution < -0.4 is 5.32 Å². The molecule has 1 N–H and O–H groups in total. The fraction of sp³-hybridized carbons (Fsp3) is 0.500. The van der Waals surface area contributed by atoms with E-state index >= 15 is 0 Å². The SMILES string of the molecule is Cn1cc(C#N)c(NC(=O)C2CCOC2)n1. The van der Waals surface area contributed by atoms with E-state index in [0.717, 1.165) is 6.42 Å². The molecule has 1 saturated heterocycles. The summed E-state index contributed by atoms with van der Waals surface area (Å²) < 4.78 is 6.63. The van der Waals surface area contributed by atoms with Crippen molar-refractivity contribution in [3.63, 3.8) is 0 Å². The van der Waals surface area contributed by atoms with Gasteiger partial charge in [-0.15, -0.1) is 0 Å². The van der Waals surface area contributed by atoms with Crippen molar-refractivity contribution in [1.29, 1.82) is 5.26 Å². The average Bonchev–Trinajstić information content (AvgIpc) is 2.87. The van der Waals surface area contributed by atoms with Gasteiger partial charge < -0.3 is 10.1 Å². The first kappa shape index (κ1) is 10.6. The monoisotopic (exact) mass is 220 g/mol. The summed E-state index contributed by atoms with van der Waals surface area (Å²) in [5, 5.41) is 15.5. The molecule has 6 heteroatoms. The maximum absolute atomic E-state index is 11.7. The summed E-state index contributed by atoms with van der Waals surface area (Å²) in [7, 11) is 1.70. The van der Waals surface area contributed by atoms with Crippen molar-refractivity contribution in [3.8, 4) is 6.07 Å². The zero-order chi connectivity index (χ0) is 11.5. The first-order valence-electron chi connectivity index (χ1n) is 5.03. The van der Waals surface area contributed by atoms with Gasteiger partial charge in [0.1, 0.15) is 11.6 Å². The number of hydrogen-bond donors (Lipinski definition) is 1. The molecule has 1 atom stereocenters. The molecule has 2 heterocycles. The molecule has 0 spiro atoms. The number of amides is 1. The van der Waals surface area contributed by atoms with E-state index in [2.05, 4.69) is 10.4 Å². The number of aryl methyl sites for hydroxylation is 1. The predicted octanol–water partition coefficient (Wildman–Crippen LogP) is 0.267. The van der Waals surface area contributed by atoms with Crippen LogP contribution in [0.1, 0.15) is 12.0 Å². The summed E-state index contributed by atoms with van der Waals surface area (Å²) in [5.41, 5.74) is 0.370. The Balaban J connectivity index is 2.08. The Labute approximate surface area is 92.8 Å². The van der Waals surface area contributed by atoms with Gasteiger partial charge in [0.05, 0.1) is 12.5 Å². The maximum atomic E-state index is 11.7. The second-order valence-corrected chi connectivity index (χ2v) is 3.73. The highest BCUT2D eigenvalue weighted by Gasteiger charge is 2.24. The van der Waals surface area contributed by atoms with E-state index in [1.54, 1.807) is 13.2 Å². The van der Waals surface area contributed by atoms with Crippen molar-refractivity contribution in [2.24, 2.45) is 13.0 Å². The van der Waals surface area contributed by atoms with Crippen molar-refractivity contribution in [3.05, 3.63) is 11.8 Å². The van der Waals surface area contributed by atoms with Gasteiger partial charge in [0.2, 0.25) is 5.91 Å². The molecular weight excluding hydrogens is 208 g/mol. The van der Waals surface area contributed by atoms with Crippen LogP contribution in [0.5, 0.6) is 0 Å². The smallest absolute Gasteiger partial charge is 0.231 e. The molecule has 1 aliphatic heterocycles. The van der Waals surface area contributed by atoms with E-state index in [0.29, 0.717) is 24.6 Å². The second-order valence-electron chi connectivity index (χ2n) is 3.73. The molecule has 0 aromatic carbocycles. The normalized spacial score (nSPS) is 19.4. The molecule has 84 valence electrons. The number of aromatic nitrogens is 2. The molecule has 1 aromatic heterocycles. The van der Waals surface area contributed by atoms with E-state index in [4.69, 9.17) is 10.00 Å². The minimum Gasteiger partial charge on any atom is -0.381 e. The number of rotatable bonds is 2. The number of anilines is 1. The van der Waals surface area contributed by atoms with Crippen molar-refractivity contribution in [2.45, 2.75) is 6.42 Å². The van der Waals surface area contributed by atoms with Gasteiger partial charge in [0.25, 0.3) is 0 Å². The van der Waals surface area contributed by atoms with Gasteiger partial charge in [0, 0.05) is 19.9 Å². The second kappa shape index (κ2) is 4.33. The lowest BCUT2D eigenvalue weighted by molar-refractivity contribution is -0.119. The number of nitriles is 1. The molecule has 1 aromatic rings. The molecule has 1 fully saturated rings. The Morgan fingerprint density at radius 2 is 2.62 bits per heavy atom. The first-order chi connectivity index (χ1) is 7.70. The zero-order valence-electron chi connectivity index (χ0n) is 8.93.